The molecule has 1 aromatic rings. The Morgan fingerprint density at radius 3 is 2.12 bits per heavy atom. The van der Waals surface area contributed by atoms with E-state index in [4.69, 9.17) is 17.5 Å². The highest BCUT2D eigenvalue weighted by molar-refractivity contribution is 7.79. The molecule has 0 spiro atoms. The quantitative estimate of drug-likeness (QED) is 0.320. The van der Waals surface area contributed by atoms with Crippen molar-refractivity contribution in [2.45, 2.75) is 13.8 Å². The van der Waals surface area contributed by atoms with Crippen LogP contribution in [0.2, 0.25) is 0 Å². The number of hydrogen-bond donors (Lipinski definition) is 0. The van der Waals surface area contributed by atoms with E-state index in [1.165, 1.54) is 0 Å². The Hall–Kier alpha value is -1.25. The van der Waals surface area contributed by atoms with Gasteiger partial charge in [-0.05, 0) is 13.8 Å². The minimum absolute atomic E-state index is 0. The summed E-state index contributed by atoms with van der Waals surface area (Å²) in [6, 6.07) is 1.99. The lowest BCUT2D eigenvalue weighted by molar-refractivity contribution is -0.696. The molecule has 0 radical (unpaired) electrons. The molecule has 7 nitrogen and oxygen atoms in total. The van der Waals surface area contributed by atoms with E-state index >= 15 is 0 Å². The monoisotopic (exact) mass is 250 g/mol. The van der Waals surface area contributed by atoms with Gasteiger partial charge in [0.1, 0.15) is 11.4 Å². The fourth-order valence-corrected chi connectivity index (χ4v) is 1.02. The van der Waals surface area contributed by atoms with Crippen LogP contribution in [0.5, 0.6) is 0 Å². The van der Waals surface area contributed by atoms with Gasteiger partial charge < -0.3 is 9.11 Å². The van der Waals surface area contributed by atoms with Crippen molar-refractivity contribution < 1.29 is 23.5 Å². The van der Waals surface area contributed by atoms with Crippen molar-refractivity contribution in [1.82, 2.24) is 4.57 Å². The lowest BCUT2D eigenvalue weighted by atomic mass is 10.3. The van der Waals surface area contributed by atoms with Crippen LogP contribution >= 0.6 is 0 Å². The van der Waals surface area contributed by atoms with E-state index < -0.39 is 10.4 Å². The third-order valence-corrected chi connectivity index (χ3v) is 2.05. The highest BCUT2D eigenvalue weighted by Crippen LogP contribution is 1.91. The van der Waals surface area contributed by atoms with Crippen molar-refractivity contribution in [3.63, 3.8) is 0 Å². The summed E-state index contributed by atoms with van der Waals surface area (Å²) >= 11 is 0. The molecule has 0 bridgehead atoms. The standard InChI is InChI=1S/C8H13N2O.H2O4S/c1-6-5-7(2)10(4)8(11)9(6)3;1-5(2,3)4/h5H,1-4H3;(H2,1,2,3,4)/q+1;/p-1. The molecule has 0 unspecified atom stereocenters. The van der Waals surface area contributed by atoms with Gasteiger partial charge in [0, 0.05) is 16.5 Å². The largest absolute Gasteiger partial charge is 1.00 e. The number of aromatic nitrogens is 2. The zero-order valence-electron chi connectivity index (χ0n) is 10.4. The third kappa shape index (κ3) is 5.01. The molecule has 8 heteroatoms. The first-order chi connectivity index (χ1) is 7.04. The van der Waals surface area contributed by atoms with Gasteiger partial charge in [0.05, 0.1) is 14.1 Å². The molecule has 0 saturated carbocycles. The van der Waals surface area contributed by atoms with Crippen LogP contribution in [0.25, 0.3) is 0 Å². The molecule has 0 aromatic carbocycles. The Labute approximate surface area is 95.0 Å². The summed E-state index contributed by atoms with van der Waals surface area (Å²) in [7, 11) is -1.62. The Kier molecular flexibility index (Phi) is 4.79. The van der Waals surface area contributed by atoms with Gasteiger partial charge in [-0.2, -0.15) is 13.9 Å². The number of hydrogen-bond acceptors (Lipinski definition) is 5. The molecule has 0 aliphatic rings. The minimum Gasteiger partial charge on any atom is -0.759 e. The summed E-state index contributed by atoms with van der Waals surface area (Å²) in [6.45, 7) is 3.85. The van der Waals surface area contributed by atoms with Gasteiger partial charge in [-0.3, -0.25) is 8.42 Å². The van der Waals surface area contributed by atoms with Gasteiger partial charge >= 0.3 is 7.12 Å². The van der Waals surface area contributed by atoms with Crippen LogP contribution in [0.1, 0.15) is 12.8 Å². The normalized spacial score (nSPS) is 10.6. The summed E-state index contributed by atoms with van der Waals surface area (Å²) in [6.07, 6.45) is 0. The van der Waals surface area contributed by atoms with Crippen molar-refractivity contribution in [3.8, 4) is 0 Å². The van der Waals surface area contributed by atoms with E-state index in [2.05, 4.69) is 0 Å². The van der Waals surface area contributed by atoms with Crippen LogP contribution in [-0.4, -0.2) is 22.1 Å². The van der Waals surface area contributed by atoms with Crippen LogP contribution in [0.4, 0.5) is 0 Å². The first-order valence-corrected chi connectivity index (χ1v) is 5.57. The maximum atomic E-state index is 11.3. The Bertz CT molecular complexity index is 500. The summed E-state index contributed by atoms with van der Waals surface area (Å²) in [5.41, 5.74) is 2.01. The van der Waals surface area contributed by atoms with Gasteiger partial charge in [0.25, 0.3) is 0 Å². The molecule has 1 heterocycles. The van der Waals surface area contributed by atoms with E-state index in [-0.39, 0.29) is 7.12 Å². The molecule has 0 aliphatic carbocycles. The van der Waals surface area contributed by atoms with Crippen molar-refractivity contribution in [2.75, 3.05) is 0 Å². The Morgan fingerprint density at radius 1 is 1.38 bits per heavy atom. The molecule has 0 aliphatic heterocycles. The summed E-state index contributed by atoms with van der Waals surface area (Å²) in [5.74, 6) is 0. The van der Waals surface area contributed by atoms with Gasteiger partial charge in [-0.25, -0.2) is 0 Å². The van der Waals surface area contributed by atoms with E-state index in [1.54, 1.807) is 23.2 Å². The fraction of sp³-hybridized carbons (Fsp3) is 0.500. The molecule has 0 amide bonds. The lowest BCUT2D eigenvalue weighted by Crippen LogP contribution is -2.53. The molecule has 16 heavy (non-hydrogen) atoms. The summed E-state index contributed by atoms with van der Waals surface area (Å²) < 4.78 is 37.3. The van der Waals surface area contributed by atoms with Crippen molar-refractivity contribution in [3.05, 3.63) is 27.9 Å². The zero-order valence-corrected chi connectivity index (χ0v) is 10.2. The SMILES string of the molecule is Cc1cc(C)[n+](C)c(=O)n1C.O=S(=O)([O-])[O-].[H+]. The molecule has 0 saturated heterocycles. The first-order valence-electron chi connectivity index (χ1n) is 4.24. The average Bonchev–Trinajstić information content (AvgIpc) is 2.09. The predicted octanol–water partition coefficient (Wildman–Crippen LogP) is -1.40. The van der Waals surface area contributed by atoms with E-state index in [1.807, 2.05) is 19.9 Å². The van der Waals surface area contributed by atoms with Crippen LogP contribution in [0.3, 0.4) is 0 Å². The maximum Gasteiger partial charge on any atom is 1.00 e. The Balaban J connectivity index is 0. The fourth-order valence-electron chi connectivity index (χ4n) is 1.02. The molecule has 1 rings (SSSR count). The maximum absolute atomic E-state index is 11.3. The molecular weight excluding hydrogens is 236 g/mol. The van der Waals surface area contributed by atoms with E-state index in [0.717, 1.165) is 11.4 Å². The minimum atomic E-state index is -5.17. The topological polar surface area (TPSA) is 106 Å². The molecule has 1 aromatic heterocycles. The first kappa shape index (κ1) is 14.8. The van der Waals surface area contributed by atoms with Crippen LogP contribution in [-0.2, 0) is 24.5 Å². The lowest BCUT2D eigenvalue weighted by Gasteiger charge is -2.06. The molecular formula is C8H14N2O5S. The number of nitrogens with zero attached hydrogens (tertiary/aromatic N) is 2. The number of rotatable bonds is 0. The Morgan fingerprint density at radius 2 is 1.75 bits per heavy atom. The average molecular weight is 250 g/mol. The highest BCUT2D eigenvalue weighted by atomic mass is 32.3. The summed E-state index contributed by atoms with van der Waals surface area (Å²) in [4.78, 5) is 11.3. The van der Waals surface area contributed by atoms with Gasteiger partial charge in [-0.1, -0.05) is 0 Å². The van der Waals surface area contributed by atoms with Crippen molar-refractivity contribution >= 4 is 10.4 Å². The smallest absolute Gasteiger partial charge is 0.759 e. The second-order valence-corrected chi connectivity index (χ2v) is 4.05. The van der Waals surface area contributed by atoms with Gasteiger partial charge in [0.2, 0.25) is 0 Å². The number of aryl methyl sites for hydroxylation is 2. The summed E-state index contributed by atoms with van der Waals surface area (Å²) in [5, 5.41) is 0. The highest BCUT2D eigenvalue weighted by Gasteiger charge is 2.08. The van der Waals surface area contributed by atoms with Crippen molar-refractivity contribution in [1.29, 1.82) is 0 Å². The van der Waals surface area contributed by atoms with Gasteiger partial charge in [-0.15, -0.1) is 0 Å². The van der Waals surface area contributed by atoms with Crippen molar-refractivity contribution in [2.24, 2.45) is 14.1 Å². The zero-order chi connectivity index (χ0) is 13.1. The molecule has 92 valence electrons. The molecule has 0 N–H and O–H groups in total. The third-order valence-electron chi connectivity index (χ3n) is 2.05. The van der Waals surface area contributed by atoms with Crippen LogP contribution < -0.4 is 10.3 Å². The predicted molar refractivity (Wildman–Crippen MR) is 53.9 cm³/mol. The van der Waals surface area contributed by atoms with Gasteiger partial charge in [0.15, 0.2) is 0 Å². The molecule has 0 atom stereocenters. The second kappa shape index (κ2) is 5.19. The van der Waals surface area contributed by atoms with Crippen LogP contribution in [0, 0.1) is 13.8 Å². The van der Waals surface area contributed by atoms with Crippen LogP contribution in [0.15, 0.2) is 10.9 Å². The molecule has 0 fully saturated rings. The van der Waals surface area contributed by atoms with E-state index in [0.29, 0.717) is 0 Å². The van der Waals surface area contributed by atoms with E-state index in [9.17, 15) is 4.79 Å². The second-order valence-electron chi connectivity index (χ2n) is 3.24.